The van der Waals surface area contributed by atoms with Crippen molar-refractivity contribution in [2.45, 2.75) is 12.8 Å². The number of rotatable bonds is 5. The van der Waals surface area contributed by atoms with Crippen molar-refractivity contribution < 1.29 is 0 Å². The van der Waals surface area contributed by atoms with Gasteiger partial charge in [0.2, 0.25) is 0 Å². The van der Waals surface area contributed by atoms with E-state index < -0.39 is 0 Å². The molecule has 1 radical (unpaired) electrons. The second-order valence-electron chi connectivity index (χ2n) is 2.84. The fourth-order valence-corrected chi connectivity index (χ4v) is 1.19. The summed E-state index contributed by atoms with van der Waals surface area (Å²) < 4.78 is 0. The van der Waals surface area contributed by atoms with Crippen LogP contribution in [-0.2, 0) is 6.42 Å². The van der Waals surface area contributed by atoms with Crippen LogP contribution in [0.2, 0.25) is 0 Å². The highest BCUT2D eigenvalue weighted by molar-refractivity contribution is 5.14. The molecule has 1 nitrogen and oxygen atoms in total. The standard InChI is InChI=1S/C11H16N/c1-2-12-10-6-9-11-7-4-3-5-8-11/h3-5,7-8,12H,1-2,6,9-10H2. The lowest BCUT2D eigenvalue weighted by Crippen LogP contribution is -2.14. The normalized spacial score (nSPS) is 10.1. The molecule has 0 amide bonds. The number of nitrogens with one attached hydrogen (secondary N) is 1. The maximum Gasteiger partial charge on any atom is -0.00457 e. The predicted octanol–water partition coefficient (Wildman–Crippen LogP) is 2.04. The summed E-state index contributed by atoms with van der Waals surface area (Å²) >= 11 is 0. The summed E-state index contributed by atoms with van der Waals surface area (Å²) in [6, 6.07) is 10.6. The third kappa shape index (κ3) is 3.54. The number of hydrogen-bond donors (Lipinski definition) is 1. The molecule has 1 aromatic rings. The molecule has 1 rings (SSSR count). The molecule has 1 N–H and O–H groups in total. The van der Waals surface area contributed by atoms with E-state index in [9.17, 15) is 0 Å². The summed E-state index contributed by atoms with van der Waals surface area (Å²) in [5.74, 6) is 0. The lowest BCUT2D eigenvalue weighted by atomic mass is 10.1. The maximum atomic E-state index is 3.72. The minimum absolute atomic E-state index is 0.828. The zero-order chi connectivity index (χ0) is 8.65. The van der Waals surface area contributed by atoms with Crippen LogP contribution >= 0.6 is 0 Å². The van der Waals surface area contributed by atoms with Crippen LogP contribution in [-0.4, -0.2) is 13.1 Å². The van der Waals surface area contributed by atoms with Crippen molar-refractivity contribution in [3.63, 3.8) is 0 Å². The fraction of sp³-hybridized carbons (Fsp3) is 0.364. The van der Waals surface area contributed by atoms with Crippen molar-refractivity contribution in [2.24, 2.45) is 0 Å². The molecule has 0 saturated heterocycles. The van der Waals surface area contributed by atoms with Gasteiger partial charge < -0.3 is 5.32 Å². The molecule has 12 heavy (non-hydrogen) atoms. The third-order valence-electron chi connectivity index (χ3n) is 1.84. The molecular weight excluding hydrogens is 146 g/mol. The Bertz CT molecular complexity index is 193. The van der Waals surface area contributed by atoms with Gasteiger partial charge in [-0.1, -0.05) is 30.3 Å². The first-order chi connectivity index (χ1) is 5.93. The van der Waals surface area contributed by atoms with Crippen LogP contribution in [0.3, 0.4) is 0 Å². The van der Waals surface area contributed by atoms with Crippen LogP contribution < -0.4 is 5.32 Å². The van der Waals surface area contributed by atoms with E-state index in [-0.39, 0.29) is 0 Å². The maximum absolute atomic E-state index is 3.72. The van der Waals surface area contributed by atoms with Crippen LogP contribution in [0.1, 0.15) is 12.0 Å². The molecule has 0 saturated carbocycles. The molecule has 0 spiro atoms. The monoisotopic (exact) mass is 162 g/mol. The van der Waals surface area contributed by atoms with Crippen molar-refractivity contribution in [2.75, 3.05) is 13.1 Å². The second-order valence-corrected chi connectivity index (χ2v) is 2.84. The Morgan fingerprint density at radius 1 is 1.17 bits per heavy atom. The van der Waals surface area contributed by atoms with E-state index in [0.29, 0.717) is 0 Å². The van der Waals surface area contributed by atoms with Crippen LogP contribution in [0.5, 0.6) is 0 Å². The average molecular weight is 162 g/mol. The molecule has 0 atom stereocenters. The van der Waals surface area contributed by atoms with Gasteiger partial charge in [-0.2, -0.15) is 0 Å². The van der Waals surface area contributed by atoms with E-state index in [4.69, 9.17) is 0 Å². The van der Waals surface area contributed by atoms with Gasteiger partial charge in [-0.15, -0.1) is 0 Å². The van der Waals surface area contributed by atoms with Crippen molar-refractivity contribution in [1.29, 1.82) is 0 Å². The van der Waals surface area contributed by atoms with Gasteiger partial charge in [-0.3, -0.25) is 0 Å². The second kappa shape index (κ2) is 5.78. The Morgan fingerprint density at radius 3 is 2.58 bits per heavy atom. The molecule has 65 valence electrons. The first-order valence-electron chi connectivity index (χ1n) is 4.47. The molecular formula is C11H16N. The van der Waals surface area contributed by atoms with Crippen molar-refractivity contribution in [3.8, 4) is 0 Å². The van der Waals surface area contributed by atoms with Gasteiger partial charge in [0.15, 0.2) is 0 Å². The first-order valence-corrected chi connectivity index (χ1v) is 4.47. The molecule has 0 aliphatic carbocycles. The zero-order valence-corrected chi connectivity index (χ0v) is 7.42. The highest BCUT2D eigenvalue weighted by Crippen LogP contribution is 2.00. The van der Waals surface area contributed by atoms with Gasteiger partial charge >= 0.3 is 0 Å². The largest absolute Gasteiger partial charge is 0.317 e. The van der Waals surface area contributed by atoms with Gasteiger partial charge in [0.25, 0.3) is 0 Å². The Labute approximate surface area is 74.8 Å². The summed E-state index contributed by atoms with van der Waals surface area (Å²) in [4.78, 5) is 0. The van der Waals surface area contributed by atoms with E-state index in [2.05, 4.69) is 42.6 Å². The smallest absolute Gasteiger partial charge is 0.00457 e. The lowest BCUT2D eigenvalue weighted by molar-refractivity contribution is 0.691. The molecule has 1 aromatic carbocycles. The molecule has 0 aromatic heterocycles. The van der Waals surface area contributed by atoms with Gasteiger partial charge in [0.05, 0.1) is 0 Å². The zero-order valence-electron chi connectivity index (χ0n) is 7.42. The number of hydrogen-bond acceptors (Lipinski definition) is 1. The van der Waals surface area contributed by atoms with Gasteiger partial charge in [0.1, 0.15) is 0 Å². The Balaban J connectivity index is 2.16. The topological polar surface area (TPSA) is 12.0 Å². The van der Waals surface area contributed by atoms with Gasteiger partial charge in [-0.25, -0.2) is 0 Å². The molecule has 0 aliphatic heterocycles. The summed E-state index contributed by atoms with van der Waals surface area (Å²) in [5, 5.41) is 3.21. The van der Waals surface area contributed by atoms with Crippen LogP contribution in [0, 0.1) is 6.92 Å². The molecule has 0 bridgehead atoms. The highest BCUT2D eigenvalue weighted by atomic mass is 14.8. The van der Waals surface area contributed by atoms with E-state index in [1.807, 2.05) is 0 Å². The van der Waals surface area contributed by atoms with E-state index in [1.165, 1.54) is 12.0 Å². The molecule has 0 fully saturated rings. The number of benzene rings is 1. The summed E-state index contributed by atoms with van der Waals surface area (Å²) in [6.07, 6.45) is 2.35. The third-order valence-corrected chi connectivity index (χ3v) is 1.84. The molecule has 1 heteroatoms. The van der Waals surface area contributed by atoms with Crippen LogP contribution in [0.15, 0.2) is 30.3 Å². The summed E-state index contributed by atoms with van der Waals surface area (Å²) in [7, 11) is 0. The SMILES string of the molecule is [CH2]CNCCCc1ccccc1. The minimum Gasteiger partial charge on any atom is -0.317 e. The Hall–Kier alpha value is -0.820. The highest BCUT2D eigenvalue weighted by Gasteiger charge is 1.89. The summed E-state index contributed by atoms with van der Waals surface area (Å²) in [6.45, 7) is 5.62. The van der Waals surface area contributed by atoms with Crippen molar-refractivity contribution >= 4 is 0 Å². The van der Waals surface area contributed by atoms with Gasteiger partial charge in [0, 0.05) is 0 Å². The predicted molar refractivity (Wildman–Crippen MR) is 53.0 cm³/mol. The fourth-order valence-electron chi connectivity index (χ4n) is 1.19. The van der Waals surface area contributed by atoms with Crippen LogP contribution in [0.4, 0.5) is 0 Å². The van der Waals surface area contributed by atoms with E-state index in [0.717, 1.165) is 19.5 Å². The van der Waals surface area contributed by atoms with Gasteiger partial charge in [-0.05, 0) is 38.4 Å². The van der Waals surface area contributed by atoms with Crippen molar-refractivity contribution in [1.82, 2.24) is 5.32 Å². The lowest BCUT2D eigenvalue weighted by Gasteiger charge is -2.01. The Kier molecular flexibility index (Phi) is 4.47. The molecule has 0 aliphatic rings. The quantitative estimate of drug-likeness (QED) is 0.653. The van der Waals surface area contributed by atoms with E-state index in [1.54, 1.807) is 0 Å². The van der Waals surface area contributed by atoms with Crippen LogP contribution in [0.25, 0.3) is 0 Å². The number of aryl methyl sites for hydroxylation is 1. The average Bonchev–Trinajstić information content (AvgIpc) is 2.14. The molecule has 0 heterocycles. The molecule has 0 unspecified atom stereocenters. The Morgan fingerprint density at radius 2 is 1.92 bits per heavy atom. The van der Waals surface area contributed by atoms with Crippen molar-refractivity contribution in [3.05, 3.63) is 42.8 Å². The minimum atomic E-state index is 0.828. The van der Waals surface area contributed by atoms with E-state index >= 15 is 0 Å². The first kappa shape index (κ1) is 9.27. The summed E-state index contributed by atoms with van der Waals surface area (Å²) in [5.41, 5.74) is 1.42.